The fraction of sp³-hybridized carbons (Fsp3) is 1.00. The molecule has 1 fully saturated rings. The maximum Gasteiger partial charge on any atom is 0.0594 e. The third kappa shape index (κ3) is 7.05. The third-order valence-corrected chi connectivity index (χ3v) is 3.72. The molecule has 0 radical (unpaired) electrons. The number of hydrogen-bond acceptors (Lipinski definition) is 2. The van der Waals surface area contributed by atoms with Crippen molar-refractivity contribution in [1.29, 1.82) is 0 Å². The van der Waals surface area contributed by atoms with Gasteiger partial charge < -0.3 is 10.1 Å². The zero-order chi connectivity index (χ0) is 12.3. The van der Waals surface area contributed by atoms with Crippen molar-refractivity contribution < 1.29 is 4.74 Å². The minimum atomic E-state index is 0.557. The van der Waals surface area contributed by atoms with Crippen LogP contribution in [0.25, 0.3) is 0 Å². The summed E-state index contributed by atoms with van der Waals surface area (Å²) in [6.07, 6.45) is 12.4. The van der Waals surface area contributed by atoms with Gasteiger partial charge in [-0.25, -0.2) is 0 Å². The Kier molecular flexibility index (Phi) is 8.72. The maximum absolute atomic E-state index is 5.93. The van der Waals surface area contributed by atoms with Gasteiger partial charge in [0.15, 0.2) is 0 Å². The lowest BCUT2D eigenvalue weighted by Crippen LogP contribution is -2.33. The summed E-state index contributed by atoms with van der Waals surface area (Å²) >= 11 is 0. The smallest absolute Gasteiger partial charge is 0.0594 e. The molecule has 0 amide bonds. The van der Waals surface area contributed by atoms with Crippen molar-refractivity contribution in [3.8, 4) is 0 Å². The molecule has 1 aliphatic rings. The summed E-state index contributed by atoms with van der Waals surface area (Å²) in [5, 5.41) is 3.64. The Bertz CT molecular complexity index is 160. The predicted octanol–water partition coefficient (Wildman–Crippen LogP) is 3.89. The molecule has 1 rings (SSSR count). The van der Waals surface area contributed by atoms with Crippen LogP contribution in [0.4, 0.5) is 0 Å². The van der Waals surface area contributed by atoms with Gasteiger partial charge in [-0.1, -0.05) is 46.0 Å². The standard InChI is InChI=1S/C15H31NO/c1-3-8-14(9-4-2)16-12-13-17-15-10-6-5-7-11-15/h14-16H,3-13H2,1-2H3. The normalized spacial score (nSPS) is 17.8. The molecule has 102 valence electrons. The average molecular weight is 241 g/mol. The average Bonchev–Trinajstić information content (AvgIpc) is 2.36. The summed E-state index contributed by atoms with van der Waals surface area (Å²) in [6, 6.07) is 0.708. The second kappa shape index (κ2) is 9.90. The van der Waals surface area contributed by atoms with E-state index in [0.717, 1.165) is 13.2 Å². The highest BCUT2D eigenvalue weighted by molar-refractivity contribution is 4.67. The second-order valence-electron chi connectivity index (χ2n) is 5.36. The molecule has 17 heavy (non-hydrogen) atoms. The molecule has 1 N–H and O–H groups in total. The van der Waals surface area contributed by atoms with E-state index in [2.05, 4.69) is 19.2 Å². The molecule has 0 spiro atoms. The molecule has 0 saturated heterocycles. The highest BCUT2D eigenvalue weighted by Gasteiger charge is 2.13. The fourth-order valence-corrected chi connectivity index (χ4v) is 2.77. The van der Waals surface area contributed by atoms with Gasteiger partial charge in [0.05, 0.1) is 12.7 Å². The maximum atomic E-state index is 5.93. The molecule has 0 unspecified atom stereocenters. The van der Waals surface area contributed by atoms with Crippen molar-refractivity contribution in [1.82, 2.24) is 5.32 Å². The van der Waals surface area contributed by atoms with E-state index in [-0.39, 0.29) is 0 Å². The van der Waals surface area contributed by atoms with E-state index in [1.165, 1.54) is 57.8 Å². The molecule has 2 nitrogen and oxygen atoms in total. The molecule has 0 aromatic rings. The van der Waals surface area contributed by atoms with Gasteiger partial charge in [0.2, 0.25) is 0 Å². The first-order valence-electron chi connectivity index (χ1n) is 7.71. The molecule has 1 saturated carbocycles. The molecule has 0 aromatic heterocycles. The summed E-state index contributed by atoms with van der Waals surface area (Å²) in [5.74, 6) is 0. The van der Waals surface area contributed by atoms with E-state index < -0.39 is 0 Å². The second-order valence-corrected chi connectivity index (χ2v) is 5.36. The van der Waals surface area contributed by atoms with Gasteiger partial charge >= 0.3 is 0 Å². The lowest BCUT2D eigenvalue weighted by molar-refractivity contribution is 0.0291. The van der Waals surface area contributed by atoms with E-state index in [1.54, 1.807) is 0 Å². The van der Waals surface area contributed by atoms with Crippen LogP contribution >= 0.6 is 0 Å². The predicted molar refractivity (Wildman–Crippen MR) is 74.4 cm³/mol. The molecule has 1 aliphatic carbocycles. The first-order valence-corrected chi connectivity index (χ1v) is 7.71. The van der Waals surface area contributed by atoms with Crippen molar-refractivity contribution in [2.45, 2.75) is 83.8 Å². The lowest BCUT2D eigenvalue weighted by Gasteiger charge is -2.23. The Balaban J connectivity index is 2.00. The van der Waals surface area contributed by atoms with Gasteiger partial charge in [-0.15, -0.1) is 0 Å². The molecule has 2 heteroatoms. The van der Waals surface area contributed by atoms with E-state index in [1.807, 2.05) is 0 Å². The summed E-state index contributed by atoms with van der Waals surface area (Å²) in [4.78, 5) is 0. The quantitative estimate of drug-likeness (QED) is 0.618. The van der Waals surface area contributed by atoms with Gasteiger partial charge in [0.1, 0.15) is 0 Å². The lowest BCUT2D eigenvalue weighted by atomic mass is 9.98. The summed E-state index contributed by atoms with van der Waals surface area (Å²) in [7, 11) is 0. The van der Waals surface area contributed by atoms with Crippen molar-refractivity contribution in [3.05, 3.63) is 0 Å². The van der Waals surface area contributed by atoms with Gasteiger partial charge in [-0.05, 0) is 25.7 Å². The largest absolute Gasteiger partial charge is 0.377 e. The van der Waals surface area contributed by atoms with Crippen molar-refractivity contribution >= 4 is 0 Å². The van der Waals surface area contributed by atoms with Crippen LogP contribution in [0.2, 0.25) is 0 Å². The number of rotatable bonds is 9. The van der Waals surface area contributed by atoms with Crippen LogP contribution in [0.3, 0.4) is 0 Å². The Hall–Kier alpha value is -0.0800. The molecule has 0 aromatic carbocycles. The highest BCUT2D eigenvalue weighted by Crippen LogP contribution is 2.19. The van der Waals surface area contributed by atoms with Crippen LogP contribution in [0, 0.1) is 0 Å². The fourth-order valence-electron chi connectivity index (χ4n) is 2.77. The van der Waals surface area contributed by atoms with Crippen LogP contribution in [0.1, 0.15) is 71.6 Å². The van der Waals surface area contributed by atoms with E-state index in [0.29, 0.717) is 12.1 Å². The van der Waals surface area contributed by atoms with Crippen LogP contribution in [0.5, 0.6) is 0 Å². The van der Waals surface area contributed by atoms with Crippen molar-refractivity contribution in [2.75, 3.05) is 13.2 Å². The molecule has 0 heterocycles. The van der Waals surface area contributed by atoms with Crippen LogP contribution in [0.15, 0.2) is 0 Å². The van der Waals surface area contributed by atoms with Crippen molar-refractivity contribution in [2.24, 2.45) is 0 Å². The summed E-state index contributed by atoms with van der Waals surface area (Å²) < 4.78 is 5.93. The Labute approximate surface area is 108 Å². The van der Waals surface area contributed by atoms with Gasteiger partial charge in [0.25, 0.3) is 0 Å². The SMILES string of the molecule is CCCC(CCC)NCCOC1CCCCC1. The Morgan fingerprint density at radius 3 is 2.29 bits per heavy atom. The Morgan fingerprint density at radius 1 is 1.06 bits per heavy atom. The summed E-state index contributed by atoms with van der Waals surface area (Å²) in [5.41, 5.74) is 0. The van der Waals surface area contributed by atoms with E-state index >= 15 is 0 Å². The zero-order valence-electron chi connectivity index (χ0n) is 11.8. The molecule has 0 aliphatic heterocycles. The summed E-state index contributed by atoms with van der Waals surface area (Å²) in [6.45, 7) is 6.46. The van der Waals surface area contributed by atoms with Crippen LogP contribution in [-0.4, -0.2) is 25.3 Å². The minimum Gasteiger partial charge on any atom is -0.377 e. The molecule has 0 atom stereocenters. The van der Waals surface area contributed by atoms with Gasteiger partial charge in [-0.2, -0.15) is 0 Å². The zero-order valence-corrected chi connectivity index (χ0v) is 11.8. The third-order valence-electron chi connectivity index (χ3n) is 3.72. The topological polar surface area (TPSA) is 21.3 Å². The highest BCUT2D eigenvalue weighted by atomic mass is 16.5. The number of ether oxygens (including phenoxy) is 1. The van der Waals surface area contributed by atoms with E-state index in [9.17, 15) is 0 Å². The monoisotopic (exact) mass is 241 g/mol. The number of nitrogens with one attached hydrogen (secondary N) is 1. The van der Waals surface area contributed by atoms with Gasteiger partial charge in [0, 0.05) is 12.6 Å². The van der Waals surface area contributed by atoms with Gasteiger partial charge in [-0.3, -0.25) is 0 Å². The van der Waals surface area contributed by atoms with E-state index in [4.69, 9.17) is 4.74 Å². The minimum absolute atomic E-state index is 0.557. The van der Waals surface area contributed by atoms with Crippen LogP contribution in [-0.2, 0) is 4.74 Å². The number of hydrogen-bond donors (Lipinski definition) is 1. The molecular formula is C15H31NO. The first-order chi connectivity index (χ1) is 8.36. The van der Waals surface area contributed by atoms with Crippen LogP contribution < -0.4 is 5.32 Å². The van der Waals surface area contributed by atoms with Crippen molar-refractivity contribution in [3.63, 3.8) is 0 Å². The molecular weight excluding hydrogens is 210 g/mol. The molecule has 0 bridgehead atoms. The Morgan fingerprint density at radius 2 is 1.71 bits per heavy atom. The first kappa shape index (κ1) is 15.0.